The minimum Gasteiger partial charge on any atom is -0.463 e. The van der Waals surface area contributed by atoms with E-state index < -0.39 is 0 Å². The smallest absolute Gasteiger partial charge is 0.322 e. The summed E-state index contributed by atoms with van der Waals surface area (Å²) in [5, 5.41) is 0.206. The number of rotatable bonds is 7. The molecule has 0 aliphatic heterocycles. The Bertz CT molecular complexity index is 449. The highest BCUT2D eigenvalue weighted by Crippen LogP contribution is 2.28. The third-order valence-electron chi connectivity index (χ3n) is 3.60. The molecule has 1 aromatic rings. The number of nitrogens with zero attached hydrogens (tertiary/aromatic N) is 4. The molecule has 0 amide bonds. The van der Waals surface area contributed by atoms with Gasteiger partial charge in [0.15, 0.2) is 0 Å². The first kappa shape index (κ1) is 16.3. The van der Waals surface area contributed by atoms with Gasteiger partial charge < -0.3 is 9.64 Å². The molecule has 0 spiro atoms. The van der Waals surface area contributed by atoms with Crippen LogP contribution in [0.5, 0.6) is 6.01 Å². The van der Waals surface area contributed by atoms with Gasteiger partial charge in [-0.1, -0.05) is 33.6 Å². The number of halogens is 1. The van der Waals surface area contributed by atoms with E-state index in [0.717, 1.165) is 13.0 Å². The van der Waals surface area contributed by atoms with Crippen molar-refractivity contribution in [1.82, 2.24) is 15.0 Å². The van der Waals surface area contributed by atoms with Crippen molar-refractivity contribution in [2.24, 2.45) is 5.92 Å². The third kappa shape index (κ3) is 4.70. The summed E-state index contributed by atoms with van der Waals surface area (Å²) in [5.74, 6) is 1.20. The highest BCUT2D eigenvalue weighted by atomic mass is 35.5. The molecule has 0 saturated heterocycles. The minimum atomic E-state index is 0.206. The second-order valence-electron chi connectivity index (χ2n) is 6.02. The average Bonchev–Trinajstić information content (AvgIpc) is 2.95. The lowest BCUT2D eigenvalue weighted by Gasteiger charge is -2.30. The monoisotopic (exact) mass is 312 g/mol. The van der Waals surface area contributed by atoms with Gasteiger partial charge >= 0.3 is 6.01 Å². The molecular formula is C15H25ClN4O. The first-order valence-electron chi connectivity index (χ1n) is 7.91. The molecular weight excluding hydrogens is 288 g/mol. The molecule has 6 heteroatoms. The summed E-state index contributed by atoms with van der Waals surface area (Å²) < 4.78 is 5.52. The minimum absolute atomic E-state index is 0.206. The molecule has 1 heterocycles. The number of aromatic nitrogens is 3. The second kappa shape index (κ2) is 7.78. The van der Waals surface area contributed by atoms with Crippen molar-refractivity contribution in [1.29, 1.82) is 0 Å². The Morgan fingerprint density at radius 2 is 1.95 bits per heavy atom. The molecule has 0 N–H and O–H groups in total. The van der Waals surface area contributed by atoms with E-state index in [1.54, 1.807) is 0 Å². The van der Waals surface area contributed by atoms with E-state index in [2.05, 4.69) is 33.7 Å². The van der Waals surface area contributed by atoms with Crippen LogP contribution >= 0.6 is 11.6 Å². The maximum absolute atomic E-state index is 6.05. The molecule has 1 aliphatic rings. The summed E-state index contributed by atoms with van der Waals surface area (Å²) >= 11 is 6.05. The predicted octanol–water partition coefficient (Wildman–Crippen LogP) is 3.72. The summed E-state index contributed by atoms with van der Waals surface area (Å²) in [7, 11) is 0. The van der Waals surface area contributed by atoms with Gasteiger partial charge in [0, 0.05) is 12.6 Å². The van der Waals surface area contributed by atoms with Gasteiger partial charge in [0.1, 0.15) is 0 Å². The average molecular weight is 313 g/mol. The fourth-order valence-corrected chi connectivity index (χ4v) is 2.86. The molecule has 0 bridgehead atoms. The number of anilines is 1. The predicted molar refractivity (Wildman–Crippen MR) is 85.1 cm³/mol. The van der Waals surface area contributed by atoms with Gasteiger partial charge in [-0.05, 0) is 36.8 Å². The van der Waals surface area contributed by atoms with Crippen molar-refractivity contribution < 1.29 is 4.74 Å². The Hall–Kier alpha value is -1.10. The zero-order valence-corrected chi connectivity index (χ0v) is 13.9. The lowest BCUT2D eigenvalue weighted by Crippen LogP contribution is -2.37. The van der Waals surface area contributed by atoms with Crippen LogP contribution in [0.4, 0.5) is 5.95 Å². The highest BCUT2D eigenvalue weighted by Gasteiger charge is 2.26. The van der Waals surface area contributed by atoms with Crippen molar-refractivity contribution in [3.8, 4) is 6.01 Å². The van der Waals surface area contributed by atoms with E-state index in [4.69, 9.17) is 16.3 Å². The van der Waals surface area contributed by atoms with Crippen LogP contribution in [0.25, 0.3) is 0 Å². The highest BCUT2D eigenvalue weighted by molar-refractivity contribution is 6.28. The van der Waals surface area contributed by atoms with E-state index in [9.17, 15) is 0 Å². The molecule has 1 saturated carbocycles. The Morgan fingerprint density at radius 1 is 1.24 bits per heavy atom. The lowest BCUT2D eigenvalue weighted by atomic mass is 10.1. The van der Waals surface area contributed by atoms with Crippen molar-refractivity contribution in [2.75, 3.05) is 18.1 Å². The van der Waals surface area contributed by atoms with Crippen LogP contribution in [-0.4, -0.2) is 34.1 Å². The molecule has 2 rings (SSSR count). The van der Waals surface area contributed by atoms with Gasteiger partial charge in [0.05, 0.1) is 6.61 Å². The Morgan fingerprint density at radius 3 is 2.57 bits per heavy atom. The van der Waals surface area contributed by atoms with Crippen molar-refractivity contribution in [3.63, 3.8) is 0 Å². The zero-order chi connectivity index (χ0) is 15.2. The summed E-state index contributed by atoms with van der Waals surface area (Å²) in [6, 6.07) is 0.837. The Kier molecular flexibility index (Phi) is 6.03. The van der Waals surface area contributed by atoms with E-state index in [1.165, 1.54) is 25.7 Å². The molecule has 118 valence electrons. The van der Waals surface area contributed by atoms with Gasteiger partial charge in [-0.2, -0.15) is 15.0 Å². The molecule has 5 nitrogen and oxygen atoms in total. The van der Waals surface area contributed by atoms with Crippen LogP contribution in [0.3, 0.4) is 0 Å². The molecule has 1 aliphatic carbocycles. The van der Waals surface area contributed by atoms with Crippen molar-refractivity contribution in [3.05, 3.63) is 5.28 Å². The van der Waals surface area contributed by atoms with Crippen molar-refractivity contribution >= 4 is 17.5 Å². The summed E-state index contributed by atoms with van der Waals surface area (Å²) in [6.45, 7) is 7.98. The molecule has 1 aromatic heterocycles. The lowest BCUT2D eigenvalue weighted by molar-refractivity contribution is 0.291. The molecule has 0 radical (unpaired) electrons. The topological polar surface area (TPSA) is 51.1 Å². The fraction of sp³-hybridized carbons (Fsp3) is 0.800. The molecule has 1 fully saturated rings. The van der Waals surface area contributed by atoms with Gasteiger partial charge in [0.2, 0.25) is 11.2 Å². The Balaban J connectivity index is 2.22. The fourth-order valence-electron chi connectivity index (χ4n) is 2.71. The summed E-state index contributed by atoms with van der Waals surface area (Å²) in [5.41, 5.74) is 0. The SMILES string of the molecule is CCCOc1nc(Cl)nc(N(CC(C)C)C2CCCC2)n1. The van der Waals surface area contributed by atoms with Gasteiger partial charge in [-0.15, -0.1) is 0 Å². The van der Waals surface area contributed by atoms with Crippen LogP contribution in [-0.2, 0) is 0 Å². The first-order valence-corrected chi connectivity index (χ1v) is 8.29. The number of hydrogen-bond acceptors (Lipinski definition) is 5. The van der Waals surface area contributed by atoms with E-state index in [0.29, 0.717) is 30.5 Å². The summed E-state index contributed by atoms with van der Waals surface area (Å²) in [4.78, 5) is 15.1. The number of ether oxygens (including phenoxy) is 1. The van der Waals surface area contributed by atoms with Crippen LogP contribution in [0, 0.1) is 5.92 Å². The van der Waals surface area contributed by atoms with Crippen LogP contribution in [0.1, 0.15) is 52.9 Å². The zero-order valence-electron chi connectivity index (χ0n) is 13.2. The third-order valence-corrected chi connectivity index (χ3v) is 3.76. The molecule has 0 atom stereocenters. The van der Waals surface area contributed by atoms with Gasteiger partial charge in [-0.25, -0.2) is 0 Å². The van der Waals surface area contributed by atoms with E-state index >= 15 is 0 Å². The molecule has 0 aromatic carbocycles. The van der Waals surface area contributed by atoms with Crippen molar-refractivity contribution in [2.45, 2.75) is 58.9 Å². The van der Waals surface area contributed by atoms with E-state index in [1.807, 2.05) is 6.92 Å². The van der Waals surface area contributed by atoms with E-state index in [-0.39, 0.29) is 5.28 Å². The number of hydrogen-bond donors (Lipinski definition) is 0. The van der Waals surface area contributed by atoms with Crippen LogP contribution in [0.2, 0.25) is 5.28 Å². The first-order chi connectivity index (χ1) is 10.1. The van der Waals surface area contributed by atoms with Gasteiger partial charge in [-0.3, -0.25) is 0 Å². The standard InChI is InChI=1S/C15H25ClN4O/c1-4-9-21-15-18-13(16)17-14(19-15)20(10-11(2)3)12-7-5-6-8-12/h11-12H,4-10H2,1-3H3. The quantitative estimate of drug-likeness (QED) is 0.768. The maximum Gasteiger partial charge on any atom is 0.322 e. The van der Waals surface area contributed by atoms with Gasteiger partial charge in [0.25, 0.3) is 0 Å². The van der Waals surface area contributed by atoms with Crippen LogP contribution in [0.15, 0.2) is 0 Å². The normalized spacial score (nSPS) is 15.7. The van der Waals surface area contributed by atoms with Crippen LogP contribution < -0.4 is 9.64 Å². The molecule has 21 heavy (non-hydrogen) atoms. The molecule has 0 unspecified atom stereocenters. The summed E-state index contributed by atoms with van der Waals surface area (Å²) in [6.07, 6.45) is 5.86. The second-order valence-corrected chi connectivity index (χ2v) is 6.36. The Labute approximate surface area is 132 Å². The largest absolute Gasteiger partial charge is 0.463 e. The maximum atomic E-state index is 6.05.